The number of aryl methyl sites for hydroxylation is 2. The van der Waals surface area contributed by atoms with Crippen LogP contribution in [0.5, 0.6) is 5.75 Å². The van der Waals surface area contributed by atoms with Crippen LogP contribution >= 0.6 is 0 Å². The lowest BCUT2D eigenvalue weighted by Crippen LogP contribution is -2.52. The molecule has 1 fully saturated rings. The summed E-state index contributed by atoms with van der Waals surface area (Å²) in [4.78, 5) is 28.3. The Labute approximate surface area is 214 Å². The van der Waals surface area contributed by atoms with Crippen molar-refractivity contribution in [2.24, 2.45) is 0 Å². The van der Waals surface area contributed by atoms with Gasteiger partial charge in [0, 0.05) is 12.6 Å². The average Bonchev–Trinajstić information content (AvgIpc) is 3.33. The Balaban J connectivity index is 1.91. The van der Waals surface area contributed by atoms with Crippen LogP contribution in [0, 0.1) is 13.8 Å². The molecule has 196 valence electrons. The second-order valence-electron chi connectivity index (χ2n) is 9.60. The lowest BCUT2D eigenvalue weighted by molar-refractivity contribution is -0.139. The lowest BCUT2D eigenvalue weighted by Gasteiger charge is -2.32. The molecule has 1 aliphatic rings. The van der Waals surface area contributed by atoms with Gasteiger partial charge in [0.05, 0.1) is 19.1 Å². The normalized spacial score (nSPS) is 14.8. The van der Waals surface area contributed by atoms with Crippen LogP contribution in [0.4, 0.5) is 5.69 Å². The van der Waals surface area contributed by atoms with E-state index in [1.54, 1.807) is 32.2 Å². The monoisotopic (exact) mass is 515 g/mol. The molecule has 0 bridgehead atoms. The molecule has 2 aromatic rings. The van der Waals surface area contributed by atoms with Gasteiger partial charge in [-0.3, -0.25) is 13.9 Å². The number of amides is 2. The van der Waals surface area contributed by atoms with E-state index in [0.717, 1.165) is 52.9 Å². The van der Waals surface area contributed by atoms with Gasteiger partial charge in [-0.25, -0.2) is 8.42 Å². The Kier molecular flexibility index (Phi) is 9.00. The maximum absolute atomic E-state index is 13.7. The number of carbonyl (C=O) groups excluding carboxylic acids is 2. The fourth-order valence-electron chi connectivity index (χ4n) is 4.62. The molecule has 0 spiro atoms. The highest BCUT2D eigenvalue weighted by atomic mass is 32.2. The van der Waals surface area contributed by atoms with Crippen molar-refractivity contribution in [3.63, 3.8) is 0 Å². The highest BCUT2D eigenvalue weighted by molar-refractivity contribution is 7.92. The van der Waals surface area contributed by atoms with Gasteiger partial charge in [0.15, 0.2) is 0 Å². The van der Waals surface area contributed by atoms with Crippen molar-refractivity contribution < 1.29 is 22.7 Å². The second-order valence-corrected chi connectivity index (χ2v) is 11.5. The Morgan fingerprint density at radius 3 is 2.42 bits per heavy atom. The molecule has 1 N–H and O–H groups in total. The summed E-state index contributed by atoms with van der Waals surface area (Å²) in [7, 11) is -2.20. The number of nitrogens with zero attached hydrogens (tertiary/aromatic N) is 2. The van der Waals surface area contributed by atoms with Crippen LogP contribution in [-0.2, 0) is 26.2 Å². The first-order chi connectivity index (χ1) is 17.0. The molecule has 0 aliphatic heterocycles. The van der Waals surface area contributed by atoms with Gasteiger partial charge in [-0.1, -0.05) is 42.7 Å². The van der Waals surface area contributed by atoms with Gasteiger partial charge in [-0.2, -0.15) is 0 Å². The smallest absolute Gasteiger partial charge is 0.244 e. The third-order valence-corrected chi connectivity index (χ3v) is 7.78. The van der Waals surface area contributed by atoms with Crippen molar-refractivity contribution in [1.82, 2.24) is 10.2 Å². The van der Waals surface area contributed by atoms with E-state index >= 15 is 0 Å². The summed E-state index contributed by atoms with van der Waals surface area (Å²) in [5, 5.41) is 3.06. The molecule has 1 saturated carbocycles. The minimum Gasteiger partial charge on any atom is -0.497 e. The van der Waals surface area contributed by atoms with Gasteiger partial charge in [0.1, 0.15) is 18.3 Å². The summed E-state index contributed by atoms with van der Waals surface area (Å²) in [6, 6.07) is 12.0. The second kappa shape index (κ2) is 11.8. The van der Waals surface area contributed by atoms with Crippen molar-refractivity contribution in [3.05, 3.63) is 59.2 Å². The quantitative estimate of drug-likeness (QED) is 0.522. The number of nitrogens with one attached hydrogen (secondary N) is 1. The van der Waals surface area contributed by atoms with Gasteiger partial charge in [-0.05, 0) is 62.9 Å². The van der Waals surface area contributed by atoms with Crippen LogP contribution in [0.1, 0.15) is 49.3 Å². The first-order valence-electron chi connectivity index (χ1n) is 12.3. The zero-order chi connectivity index (χ0) is 26.5. The molecule has 1 atom stereocenters. The number of carbonyl (C=O) groups is 2. The minimum absolute atomic E-state index is 0.108. The maximum Gasteiger partial charge on any atom is 0.244 e. The van der Waals surface area contributed by atoms with Crippen molar-refractivity contribution in [2.75, 3.05) is 24.2 Å². The Bertz CT molecular complexity index is 1190. The summed E-state index contributed by atoms with van der Waals surface area (Å²) in [6.07, 6.45) is 5.09. The van der Waals surface area contributed by atoms with E-state index in [1.165, 1.54) is 4.90 Å². The van der Waals surface area contributed by atoms with E-state index in [9.17, 15) is 18.0 Å². The van der Waals surface area contributed by atoms with Gasteiger partial charge < -0.3 is 15.0 Å². The number of benzene rings is 2. The van der Waals surface area contributed by atoms with Crippen LogP contribution in [0.3, 0.4) is 0 Å². The predicted molar refractivity (Wildman–Crippen MR) is 142 cm³/mol. The number of hydrogen-bond acceptors (Lipinski definition) is 5. The number of ether oxygens (including phenoxy) is 1. The predicted octanol–water partition coefficient (Wildman–Crippen LogP) is 3.55. The number of anilines is 1. The van der Waals surface area contributed by atoms with Crippen molar-refractivity contribution >= 4 is 27.5 Å². The van der Waals surface area contributed by atoms with Crippen LogP contribution in [0.15, 0.2) is 42.5 Å². The molecular formula is C27H37N3O5S. The minimum atomic E-state index is -3.76. The first kappa shape index (κ1) is 27.5. The molecule has 2 aromatic carbocycles. The van der Waals surface area contributed by atoms with E-state index in [1.807, 2.05) is 38.1 Å². The summed E-state index contributed by atoms with van der Waals surface area (Å²) in [5.41, 5.74) is 2.97. The average molecular weight is 516 g/mol. The molecular weight excluding hydrogens is 478 g/mol. The van der Waals surface area contributed by atoms with E-state index in [2.05, 4.69) is 5.32 Å². The van der Waals surface area contributed by atoms with Crippen molar-refractivity contribution in [3.8, 4) is 5.75 Å². The van der Waals surface area contributed by atoms with Crippen LogP contribution < -0.4 is 14.4 Å². The highest BCUT2D eigenvalue weighted by Gasteiger charge is 2.31. The molecule has 0 saturated heterocycles. The number of hydrogen-bond donors (Lipinski definition) is 1. The Hall–Kier alpha value is -3.07. The molecule has 2 amide bonds. The standard InChI is InChI=1S/C27H37N3O5S/c1-19-13-14-25(20(2)15-19)30(36(5,33)34)18-26(31)29(17-22-9-8-12-24(16-22)35-4)21(3)27(32)28-23-10-6-7-11-23/h8-9,12-16,21,23H,6-7,10-11,17-18H2,1-5H3,(H,28,32). The number of sulfonamides is 1. The summed E-state index contributed by atoms with van der Waals surface area (Å²) >= 11 is 0. The van der Waals surface area contributed by atoms with Crippen LogP contribution in [0.2, 0.25) is 0 Å². The molecule has 0 aromatic heterocycles. The zero-order valence-corrected chi connectivity index (χ0v) is 22.6. The fraction of sp³-hybridized carbons (Fsp3) is 0.481. The Morgan fingerprint density at radius 1 is 1.11 bits per heavy atom. The SMILES string of the molecule is COc1cccc(CN(C(=O)CN(c2ccc(C)cc2C)S(C)(=O)=O)C(C)C(=O)NC2CCCC2)c1. The summed E-state index contributed by atoms with van der Waals surface area (Å²) < 4.78 is 32.0. The van der Waals surface area contributed by atoms with Crippen molar-refractivity contribution in [1.29, 1.82) is 0 Å². The van der Waals surface area contributed by atoms with Crippen LogP contribution in [0.25, 0.3) is 0 Å². The van der Waals surface area contributed by atoms with Crippen molar-refractivity contribution in [2.45, 2.75) is 65.1 Å². The third kappa shape index (κ3) is 7.00. The first-order valence-corrected chi connectivity index (χ1v) is 14.1. The molecule has 36 heavy (non-hydrogen) atoms. The molecule has 1 unspecified atom stereocenters. The molecule has 0 heterocycles. The number of rotatable bonds is 10. The van der Waals surface area contributed by atoms with Gasteiger partial charge in [0.2, 0.25) is 21.8 Å². The molecule has 3 rings (SSSR count). The third-order valence-electron chi connectivity index (χ3n) is 6.66. The molecule has 9 heteroatoms. The largest absolute Gasteiger partial charge is 0.497 e. The maximum atomic E-state index is 13.7. The number of methoxy groups -OCH3 is 1. The topological polar surface area (TPSA) is 96.0 Å². The van der Waals surface area contributed by atoms with Gasteiger partial charge in [0.25, 0.3) is 0 Å². The van der Waals surface area contributed by atoms with E-state index in [-0.39, 0.29) is 18.5 Å². The van der Waals surface area contributed by atoms with E-state index < -0.39 is 28.5 Å². The van der Waals surface area contributed by atoms with Gasteiger partial charge in [-0.15, -0.1) is 0 Å². The molecule has 8 nitrogen and oxygen atoms in total. The zero-order valence-electron chi connectivity index (χ0n) is 21.8. The highest BCUT2D eigenvalue weighted by Crippen LogP contribution is 2.25. The lowest BCUT2D eigenvalue weighted by atomic mass is 10.1. The Morgan fingerprint density at radius 2 is 1.81 bits per heavy atom. The summed E-state index contributed by atoms with van der Waals surface area (Å²) in [6.45, 7) is 5.15. The summed E-state index contributed by atoms with van der Waals surface area (Å²) in [5.74, 6) is -0.0659. The van der Waals surface area contributed by atoms with E-state index in [4.69, 9.17) is 4.74 Å². The van der Waals surface area contributed by atoms with Crippen LogP contribution in [-0.4, -0.2) is 57.1 Å². The molecule has 1 aliphatic carbocycles. The fourth-order valence-corrected chi connectivity index (χ4v) is 5.53. The van der Waals surface area contributed by atoms with Gasteiger partial charge >= 0.3 is 0 Å². The molecule has 0 radical (unpaired) electrons. The van der Waals surface area contributed by atoms with E-state index in [0.29, 0.717) is 11.4 Å².